The van der Waals surface area contributed by atoms with Crippen molar-refractivity contribution < 1.29 is 4.79 Å². The molecule has 1 aromatic heterocycles. The van der Waals surface area contributed by atoms with Crippen LogP contribution in [0.4, 0.5) is 5.69 Å². The summed E-state index contributed by atoms with van der Waals surface area (Å²) in [5.74, 6) is 0. The molecule has 1 rings (SSSR count). The van der Waals surface area contributed by atoms with Crippen LogP contribution in [-0.4, -0.2) is 10.2 Å². The molecule has 1 heterocycles. The Labute approximate surface area is 73.6 Å². The van der Waals surface area contributed by atoms with E-state index in [4.69, 9.17) is 22.6 Å². The van der Waals surface area contributed by atoms with Gasteiger partial charge in [0.25, 0.3) is 5.24 Å². The van der Waals surface area contributed by atoms with E-state index < -0.39 is 5.24 Å². The first kappa shape index (κ1) is 8.50. The van der Waals surface area contributed by atoms with E-state index in [1.807, 2.05) is 0 Å². The number of carbonyl (C=O) groups excluding carboxylic acids is 1. The van der Waals surface area contributed by atoms with Gasteiger partial charge < -0.3 is 5.73 Å². The van der Waals surface area contributed by atoms with Gasteiger partial charge in [-0.3, -0.25) is 4.79 Å². The molecule has 0 fully saturated rings. The first-order valence-corrected chi connectivity index (χ1v) is 3.38. The van der Waals surface area contributed by atoms with E-state index in [9.17, 15) is 4.79 Å². The van der Waals surface area contributed by atoms with Crippen LogP contribution in [0.5, 0.6) is 0 Å². The predicted octanol–water partition coefficient (Wildman–Crippen LogP) is 0.914. The van der Waals surface area contributed by atoms with Gasteiger partial charge in [-0.1, -0.05) is 0 Å². The van der Waals surface area contributed by atoms with Gasteiger partial charge in [-0.2, -0.15) is 5.26 Å². The Morgan fingerprint density at radius 3 is 2.83 bits per heavy atom. The summed E-state index contributed by atoms with van der Waals surface area (Å²) in [5, 5.41) is 7.73. The van der Waals surface area contributed by atoms with Crippen LogP contribution in [0.2, 0.25) is 0 Å². The summed E-state index contributed by atoms with van der Waals surface area (Å²) in [6.45, 7) is 0. The van der Waals surface area contributed by atoms with Gasteiger partial charge in [0.2, 0.25) is 0 Å². The molecule has 0 aromatic carbocycles. The summed E-state index contributed by atoms with van der Waals surface area (Å²) in [4.78, 5) is 14.3. The minimum Gasteiger partial charge on any atom is -0.398 e. The number of aromatic nitrogens is 1. The van der Waals surface area contributed by atoms with Gasteiger partial charge in [0.1, 0.15) is 11.8 Å². The lowest BCUT2D eigenvalue weighted by atomic mass is 10.2. The quantitative estimate of drug-likeness (QED) is 0.654. The lowest BCUT2D eigenvalue weighted by molar-refractivity contribution is 0.108. The van der Waals surface area contributed by atoms with Crippen molar-refractivity contribution in [2.75, 3.05) is 5.73 Å². The van der Waals surface area contributed by atoms with Crippen molar-refractivity contribution in [3.63, 3.8) is 0 Å². The lowest BCUT2D eigenvalue weighted by Crippen LogP contribution is -1.99. The maximum absolute atomic E-state index is 10.6. The third-order valence-corrected chi connectivity index (χ3v) is 1.47. The Morgan fingerprint density at radius 1 is 1.75 bits per heavy atom. The molecule has 0 spiro atoms. The Kier molecular flexibility index (Phi) is 2.26. The third-order valence-electron chi connectivity index (χ3n) is 1.26. The van der Waals surface area contributed by atoms with Crippen LogP contribution in [0.25, 0.3) is 0 Å². The minimum absolute atomic E-state index is 0.121. The number of anilines is 1. The fraction of sp³-hybridized carbons (Fsp3) is 0. The van der Waals surface area contributed by atoms with Gasteiger partial charge in [0.05, 0.1) is 5.56 Å². The van der Waals surface area contributed by atoms with Gasteiger partial charge in [0.15, 0.2) is 0 Å². The number of carbonyl (C=O) groups is 1. The summed E-state index contributed by atoms with van der Waals surface area (Å²) in [5.41, 5.74) is 5.85. The largest absolute Gasteiger partial charge is 0.398 e. The van der Waals surface area contributed by atoms with Crippen molar-refractivity contribution >= 4 is 22.5 Å². The fourth-order valence-electron chi connectivity index (χ4n) is 0.696. The van der Waals surface area contributed by atoms with E-state index in [0.717, 1.165) is 0 Å². The molecule has 0 radical (unpaired) electrons. The number of hydrogen-bond acceptors (Lipinski definition) is 4. The van der Waals surface area contributed by atoms with Gasteiger partial charge in [-0.25, -0.2) is 4.98 Å². The van der Waals surface area contributed by atoms with Crippen molar-refractivity contribution in [2.24, 2.45) is 0 Å². The van der Waals surface area contributed by atoms with Gasteiger partial charge >= 0.3 is 0 Å². The Morgan fingerprint density at radius 2 is 2.42 bits per heavy atom. The van der Waals surface area contributed by atoms with Crippen LogP contribution in [0.15, 0.2) is 12.3 Å². The second-order valence-electron chi connectivity index (χ2n) is 2.04. The van der Waals surface area contributed by atoms with Crippen molar-refractivity contribution in [1.29, 1.82) is 5.26 Å². The molecular formula is C7H4ClN3O. The van der Waals surface area contributed by atoms with Gasteiger partial charge in [-0.15, -0.1) is 0 Å². The van der Waals surface area contributed by atoms with E-state index >= 15 is 0 Å². The molecule has 4 nitrogen and oxygen atoms in total. The van der Waals surface area contributed by atoms with Crippen molar-refractivity contribution in [1.82, 2.24) is 4.98 Å². The number of hydrogen-bond donors (Lipinski definition) is 1. The first-order chi connectivity index (χ1) is 5.65. The van der Waals surface area contributed by atoms with E-state index in [2.05, 4.69) is 4.98 Å². The monoisotopic (exact) mass is 181 g/mol. The van der Waals surface area contributed by atoms with Crippen LogP contribution in [-0.2, 0) is 0 Å². The summed E-state index contributed by atoms with van der Waals surface area (Å²) in [6, 6.07) is 3.09. The van der Waals surface area contributed by atoms with Crippen molar-refractivity contribution in [3.8, 4) is 6.07 Å². The molecule has 0 bridgehead atoms. The minimum atomic E-state index is -0.676. The highest BCUT2D eigenvalue weighted by atomic mass is 35.5. The van der Waals surface area contributed by atoms with Crippen LogP contribution in [0.3, 0.4) is 0 Å². The molecule has 0 saturated heterocycles. The lowest BCUT2D eigenvalue weighted by Gasteiger charge is -1.97. The third kappa shape index (κ3) is 1.52. The molecule has 0 saturated carbocycles. The van der Waals surface area contributed by atoms with Crippen molar-refractivity contribution in [3.05, 3.63) is 23.5 Å². The Hall–Kier alpha value is -1.60. The highest BCUT2D eigenvalue weighted by Crippen LogP contribution is 2.13. The van der Waals surface area contributed by atoms with E-state index in [0.29, 0.717) is 0 Å². The fourth-order valence-corrected chi connectivity index (χ4v) is 0.854. The molecular weight excluding hydrogens is 178 g/mol. The topological polar surface area (TPSA) is 79.8 Å². The number of nitrogens with zero attached hydrogens (tertiary/aromatic N) is 2. The Balaban J connectivity index is 3.23. The molecule has 2 N–H and O–H groups in total. The molecule has 0 aliphatic heterocycles. The summed E-state index contributed by atoms with van der Waals surface area (Å²) in [6.07, 6.45) is 1.18. The SMILES string of the molecule is N#Cc1cc(N)c(C(=O)Cl)cn1. The first-order valence-electron chi connectivity index (χ1n) is 3.00. The van der Waals surface area contributed by atoms with Gasteiger partial charge in [-0.05, 0) is 17.7 Å². The van der Waals surface area contributed by atoms with Crippen LogP contribution < -0.4 is 5.73 Å². The zero-order chi connectivity index (χ0) is 9.14. The van der Waals surface area contributed by atoms with Crippen molar-refractivity contribution in [2.45, 2.75) is 0 Å². The van der Waals surface area contributed by atoms with Crippen LogP contribution in [0, 0.1) is 11.3 Å². The molecule has 0 aliphatic rings. The molecule has 5 heteroatoms. The normalized spacial score (nSPS) is 9.00. The maximum atomic E-state index is 10.6. The van der Waals surface area contributed by atoms with E-state index in [-0.39, 0.29) is 16.9 Å². The number of pyridine rings is 1. The number of rotatable bonds is 1. The Bertz CT molecular complexity index is 369. The van der Waals surface area contributed by atoms with Crippen LogP contribution in [0.1, 0.15) is 16.1 Å². The average molecular weight is 182 g/mol. The molecule has 1 aromatic rings. The van der Waals surface area contributed by atoms with Gasteiger partial charge in [0, 0.05) is 11.9 Å². The maximum Gasteiger partial charge on any atom is 0.256 e. The second-order valence-corrected chi connectivity index (χ2v) is 2.39. The molecule has 60 valence electrons. The zero-order valence-electron chi connectivity index (χ0n) is 5.91. The molecule has 12 heavy (non-hydrogen) atoms. The number of nitriles is 1. The number of nitrogen functional groups attached to an aromatic ring is 1. The standard InChI is InChI=1S/C7H4ClN3O/c8-7(12)5-3-11-4(2-9)1-6(5)10/h1,3H,(H2,10,11). The number of halogens is 1. The van der Waals surface area contributed by atoms with E-state index in [1.165, 1.54) is 12.3 Å². The summed E-state index contributed by atoms with van der Waals surface area (Å²) in [7, 11) is 0. The highest BCUT2D eigenvalue weighted by molar-refractivity contribution is 6.68. The molecule has 0 atom stereocenters. The molecule has 0 amide bonds. The molecule has 0 unspecified atom stereocenters. The summed E-state index contributed by atoms with van der Waals surface area (Å²) < 4.78 is 0. The molecule has 0 aliphatic carbocycles. The zero-order valence-corrected chi connectivity index (χ0v) is 6.67. The average Bonchev–Trinajstić information content (AvgIpc) is 2.03. The van der Waals surface area contributed by atoms with E-state index in [1.54, 1.807) is 6.07 Å². The summed E-state index contributed by atoms with van der Waals surface area (Å²) >= 11 is 5.16. The second kappa shape index (κ2) is 3.20. The van der Waals surface area contributed by atoms with Crippen LogP contribution >= 0.6 is 11.6 Å². The smallest absolute Gasteiger partial charge is 0.256 e. The number of nitrogens with two attached hydrogens (primary N) is 1. The highest BCUT2D eigenvalue weighted by Gasteiger charge is 2.07. The predicted molar refractivity (Wildman–Crippen MR) is 43.5 cm³/mol.